The molecule has 1 aliphatic carbocycles. The number of benzene rings is 2. The SMILES string of the molecule is CC1=C(CC(=O)O)c2cc(N(C)C)ccc2/C1=C\c1ccc(S(C)=O)cc1. The second kappa shape index (κ2) is 7.53. The second-order valence-corrected chi connectivity index (χ2v) is 8.26. The molecular formula is C22H23NO3S. The first-order chi connectivity index (χ1) is 12.8. The molecule has 0 saturated heterocycles. The number of carboxylic acid groups (broad SMARTS) is 1. The smallest absolute Gasteiger partial charge is 0.307 e. The average molecular weight is 381 g/mol. The van der Waals surface area contributed by atoms with Gasteiger partial charge in [-0.2, -0.15) is 0 Å². The number of nitrogens with zero attached hydrogens (tertiary/aromatic N) is 1. The monoisotopic (exact) mass is 381 g/mol. The van der Waals surface area contributed by atoms with Crippen LogP contribution in [-0.2, 0) is 15.6 Å². The first-order valence-corrected chi connectivity index (χ1v) is 10.2. The maximum Gasteiger partial charge on any atom is 0.307 e. The van der Waals surface area contributed by atoms with Crippen molar-refractivity contribution < 1.29 is 14.1 Å². The van der Waals surface area contributed by atoms with E-state index in [1.54, 1.807) is 6.26 Å². The molecule has 1 aliphatic rings. The van der Waals surface area contributed by atoms with Gasteiger partial charge in [0.25, 0.3) is 0 Å². The molecule has 4 nitrogen and oxygen atoms in total. The van der Waals surface area contributed by atoms with Gasteiger partial charge < -0.3 is 10.0 Å². The second-order valence-electron chi connectivity index (χ2n) is 6.88. The van der Waals surface area contributed by atoms with Gasteiger partial charge >= 0.3 is 5.97 Å². The number of fused-ring (bicyclic) bond motifs is 1. The Morgan fingerprint density at radius 3 is 2.33 bits per heavy atom. The third-order valence-corrected chi connectivity index (χ3v) is 5.78. The van der Waals surface area contributed by atoms with Gasteiger partial charge in [0.05, 0.1) is 6.42 Å². The van der Waals surface area contributed by atoms with Gasteiger partial charge in [0.15, 0.2) is 0 Å². The molecule has 2 aromatic carbocycles. The van der Waals surface area contributed by atoms with Crippen LogP contribution < -0.4 is 4.90 Å². The Morgan fingerprint density at radius 1 is 1.11 bits per heavy atom. The van der Waals surface area contributed by atoms with Crippen LogP contribution in [0.2, 0.25) is 0 Å². The lowest BCUT2D eigenvalue weighted by molar-refractivity contribution is -0.135. The van der Waals surface area contributed by atoms with E-state index in [0.29, 0.717) is 0 Å². The molecule has 0 heterocycles. The fraction of sp³-hybridized carbons (Fsp3) is 0.227. The Kier molecular flexibility index (Phi) is 5.33. The van der Waals surface area contributed by atoms with Crippen LogP contribution in [0.3, 0.4) is 0 Å². The van der Waals surface area contributed by atoms with Gasteiger partial charge in [-0.25, -0.2) is 0 Å². The molecule has 0 aromatic heterocycles. The van der Waals surface area contributed by atoms with Crippen molar-refractivity contribution in [3.8, 4) is 0 Å². The Labute approximate surface area is 162 Å². The fourth-order valence-corrected chi connectivity index (χ4v) is 3.87. The highest BCUT2D eigenvalue weighted by atomic mass is 32.2. The van der Waals surface area contributed by atoms with Crippen molar-refractivity contribution in [1.82, 2.24) is 0 Å². The van der Waals surface area contributed by atoms with E-state index in [2.05, 4.69) is 18.2 Å². The van der Waals surface area contributed by atoms with Crippen LogP contribution in [-0.4, -0.2) is 35.6 Å². The summed E-state index contributed by atoms with van der Waals surface area (Å²) < 4.78 is 11.6. The minimum absolute atomic E-state index is 0.000803. The van der Waals surface area contributed by atoms with Gasteiger partial charge in [-0.1, -0.05) is 18.2 Å². The standard InChI is InChI=1S/C22H23NO3S/c1-14-19(11-15-5-8-17(9-6-15)27(4)26)18-10-7-16(23(2)3)12-21(18)20(14)13-22(24)25/h5-12H,13H2,1-4H3,(H,24,25)/b19-11-. The van der Waals surface area contributed by atoms with E-state index in [0.717, 1.165) is 44.0 Å². The lowest BCUT2D eigenvalue weighted by atomic mass is 10.00. The van der Waals surface area contributed by atoms with Crippen molar-refractivity contribution in [3.05, 3.63) is 64.7 Å². The summed E-state index contributed by atoms with van der Waals surface area (Å²) in [7, 11) is 2.94. The number of hydrogen-bond donors (Lipinski definition) is 1. The zero-order chi connectivity index (χ0) is 19.7. The van der Waals surface area contributed by atoms with E-state index < -0.39 is 16.8 Å². The minimum Gasteiger partial charge on any atom is -0.481 e. The molecule has 0 amide bonds. The summed E-state index contributed by atoms with van der Waals surface area (Å²) in [5.74, 6) is -0.832. The third-order valence-electron chi connectivity index (χ3n) is 4.84. The van der Waals surface area contributed by atoms with Gasteiger partial charge in [0.1, 0.15) is 0 Å². The molecule has 0 saturated carbocycles. The summed E-state index contributed by atoms with van der Waals surface area (Å²) in [6, 6.07) is 13.8. The molecule has 1 unspecified atom stereocenters. The lowest BCUT2D eigenvalue weighted by Gasteiger charge is -2.15. The maximum absolute atomic E-state index is 11.6. The van der Waals surface area contributed by atoms with E-state index in [4.69, 9.17) is 0 Å². The van der Waals surface area contributed by atoms with E-state index in [9.17, 15) is 14.1 Å². The predicted molar refractivity (Wildman–Crippen MR) is 112 cm³/mol. The zero-order valence-electron chi connectivity index (χ0n) is 15.9. The third kappa shape index (κ3) is 3.88. The van der Waals surface area contributed by atoms with Crippen molar-refractivity contribution in [2.75, 3.05) is 25.3 Å². The van der Waals surface area contributed by atoms with Gasteiger partial charge in [-0.3, -0.25) is 9.00 Å². The molecule has 1 atom stereocenters. The summed E-state index contributed by atoms with van der Waals surface area (Å²) in [5.41, 5.74) is 6.97. The Balaban J connectivity index is 2.11. The zero-order valence-corrected chi connectivity index (χ0v) is 16.8. The van der Waals surface area contributed by atoms with Crippen molar-refractivity contribution >= 4 is 39.7 Å². The van der Waals surface area contributed by atoms with Crippen molar-refractivity contribution in [2.24, 2.45) is 0 Å². The number of allylic oxidation sites excluding steroid dienone is 2. The van der Waals surface area contributed by atoms with E-state index in [-0.39, 0.29) is 6.42 Å². The van der Waals surface area contributed by atoms with Gasteiger partial charge in [-0.15, -0.1) is 0 Å². The fourth-order valence-electron chi connectivity index (χ4n) is 3.35. The van der Waals surface area contributed by atoms with Crippen LogP contribution in [0, 0.1) is 0 Å². The van der Waals surface area contributed by atoms with Crippen LogP contribution in [0.5, 0.6) is 0 Å². The molecule has 140 valence electrons. The highest BCUT2D eigenvalue weighted by Crippen LogP contribution is 2.44. The molecule has 0 fully saturated rings. The molecule has 0 radical (unpaired) electrons. The number of aliphatic carboxylic acids is 1. The first-order valence-electron chi connectivity index (χ1n) is 8.67. The van der Waals surface area contributed by atoms with Crippen molar-refractivity contribution in [1.29, 1.82) is 0 Å². The van der Waals surface area contributed by atoms with Gasteiger partial charge in [0, 0.05) is 41.7 Å². The van der Waals surface area contributed by atoms with Crippen molar-refractivity contribution in [3.63, 3.8) is 0 Å². The topological polar surface area (TPSA) is 57.6 Å². The molecule has 0 aliphatic heterocycles. The molecule has 27 heavy (non-hydrogen) atoms. The van der Waals surface area contributed by atoms with Crippen LogP contribution in [0.15, 0.2) is 52.9 Å². The number of hydrogen-bond acceptors (Lipinski definition) is 3. The molecule has 5 heteroatoms. The highest BCUT2D eigenvalue weighted by molar-refractivity contribution is 7.84. The van der Waals surface area contributed by atoms with E-state index >= 15 is 0 Å². The predicted octanol–water partition coefficient (Wildman–Crippen LogP) is 4.29. The number of rotatable bonds is 5. The Hall–Kier alpha value is -2.66. The molecule has 1 N–H and O–H groups in total. The molecule has 3 rings (SSSR count). The van der Waals surface area contributed by atoms with E-state index in [1.165, 1.54) is 0 Å². The molecule has 2 aromatic rings. The van der Waals surface area contributed by atoms with E-state index in [1.807, 2.05) is 56.3 Å². The summed E-state index contributed by atoms with van der Waals surface area (Å²) in [6.45, 7) is 1.98. The van der Waals surface area contributed by atoms with Gasteiger partial charge in [0.2, 0.25) is 0 Å². The van der Waals surface area contributed by atoms with Crippen LogP contribution in [0.25, 0.3) is 17.2 Å². The number of anilines is 1. The maximum atomic E-state index is 11.6. The first kappa shape index (κ1) is 19.1. The molecule has 0 spiro atoms. The Morgan fingerprint density at radius 2 is 1.78 bits per heavy atom. The minimum atomic E-state index is -1.00. The average Bonchev–Trinajstić information content (AvgIpc) is 2.87. The summed E-state index contributed by atoms with van der Waals surface area (Å²) >= 11 is 0. The Bertz CT molecular complexity index is 985. The summed E-state index contributed by atoms with van der Waals surface area (Å²) in [5, 5.41) is 9.36. The quantitative estimate of drug-likeness (QED) is 0.839. The lowest BCUT2D eigenvalue weighted by Crippen LogP contribution is -2.09. The highest BCUT2D eigenvalue weighted by Gasteiger charge is 2.25. The summed E-state index contributed by atoms with van der Waals surface area (Å²) in [4.78, 5) is 14.2. The van der Waals surface area contributed by atoms with Gasteiger partial charge in [-0.05, 0) is 70.7 Å². The van der Waals surface area contributed by atoms with Crippen LogP contribution in [0.1, 0.15) is 30.0 Å². The molecular weight excluding hydrogens is 358 g/mol. The largest absolute Gasteiger partial charge is 0.481 e. The van der Waals surface area contributed by atoms with Crippen molar-refractivity contribution in [2.45, 2.75) is 18.2 Å². The summed E-state index contributed by atoms with van der Waals surface area (Å²) in [6.07, 6.45) is 3.73. The molecule has 0 bridgehead atoms. The number of carboxylic acids is 1. The normalized spacial score (nSPS) is 15.8. The van der Waals surface area contributed by atoms with Crippen LogP contribution >= 0.6 is 0 Å². The van der Waals surface area contributed by atoms with Crippen LogP contribution in [0.4, 0.5) is 5.69 Å². The number of carbonyl (C=O) groups is 1.